The molecule has 0 unspecified atom stereocenters. The summed E-state index contributed by atoms with van der Waals surface area (Å²) in [6.07, 6.45) is 7.96. The van der Waals surface area contributed by atoms with Crippen LogP contribution < -0.4 is 0 Å². The molecule has 0 N–H and O–H groups in total. The lowest BCUT2D eigenvalue weighted by Gasteiger charge is -2.32. The van der Waals surface area contributed by atoms with Crippen molar-refractivity contribution in [1.82, 2.24) is 0 Å². The van der Waals surface area contributed by atoms with Crippen LogP contribution in [0.25, 0.3) is 0 Å². The fraction of sp³-hybridized carbons (Fsp3) is 0.750. The Morgan fingerprint density at radius 1 is 1.00 bits per heavy atom. The summed E-state index contributed by atoms with van der Waals surface area (Å²) in [6, 6.07) is 0. The molecule has 2 atom stereocenters. The average molecular weight is 176 g/mol. The minimum absolute atomic E-state index is 0.390. The summed E-state index contributed by atoms with van der Waals surface area (Å²) in [5.74, 6) is 0.521. The Bertz CT molecular complexity index is 254. The van der Waals surface area contributed by atoms with Crippen LogP contribution in [0.5, 0.6) is 0 Å². The van der Waals surface area contributed by atoms with Crippen LogP contribution in [0.15, 0.2) is 12.2 Å². The van der Waals surface area contributed by atoms with Crippen LogP contribution in [-0.4, -0.2) is 5.78 Å². The van der Waals surface area contributed by atoms with Crippen molar-refractivity contribution in [3.05, 3.63) is 12.2 Å². The molecule has 3 aliphatic carbocycles. The lowest BCUT2D eigenvalue weighted by molar-refractivity contribution is -0.118. The fourth-order valence-corrected chi connectivity index (χ4v) is 4.36. The molecule has 0 radical (unpaired) electrons. The van der Waals surface area contributed by atoms with Gasteiger partial charge in [0.25, 0.3) is 0 Å². The molecule has 0 aromatic heterocycles. The second kappa shape index (κ2) is 2.08. The first-order chi connectivity index (χ1) is 6.16. The molecule has 1 heteroatoms. The number of ketones is 1. The Morgan fingerprint density at radius 2 is 1.54 bits per heavy atom. The van der Waals surface area contributed by atoms with Gasteiger partial charge in [0.05, 0.1) is 0 Å². The zero-order valence-electron chi connectivity index (χ0n) is 8.07. The predicted molar refractivity (Wildman–Crippen MR) is 51.3 cm³/mol. The summed E-state index contributed by atoms with van der Waals surface area (Å²) < 4.78 is 0. The average Bonchev–Trinajstić information content (AvgIpc) is 2.42. The summed E-state index contributed by atoms with van der Waals surface area (Å²) in [7, 11) is 0. The molecule has 0 bridgehead atoms. The van der Waals surface area contributed by atoms with Gasteiger partial charge in [-0.15, -0.1) is 0 Å². The van der Waals surface area contributed by atoms with Crippen LogP contribution in [-0.2, 0) is 4.79 Å². The van der Waals surface area contributed by atoms with Gasteiger partial charge in [-0.2, -0.15) is 0 Å². The number of Topliss-reactive ketones (excluding diaryl/α,β-unsaturated/α-hetero) is 1. The second-order valence-corrected chi connectivity index (χ2v) is 5.41. The number of carbonyl (C=O) groups excluding carboxylic acids is 1. The van der Waals surface area contributed by atoms with E-state index in [2.05, 4.69) is 6.58 Å². The molecule has 0 heterocycles. The number of hydrogen-bond donors (Lipinski definition) is 0. The third-order valence-corrected chi connectivity index (χ3v) is 4.68. The minimum atomic E-state index is 0.390. The minimum Gasteiger partial charge on any atom is -0.300 e. The summed E-state index contributed by atoms with van der Waals surface area (Å²) in [5, 5.41) is 0. The lowest BCUT2D eigenvalue weighted by Crippen LogP contribution is -2.25. The Hall–Kier alpha value is -0.590. The van der Waals surface area contributed by atoms with Crippen LogP contribution in [0.2, 0.25) is 0 Å². The number of hydrogen-bond acceptors (Lipinski definition) is 1. The summed E-state index contributed by atoms with van der Waals surface area (Å²) in [4.78, 5) is 11.5. The second-order valence-electron chi connectivity index (χ2n) is 5.41. The highest BCUT2D eigenvalue weighted by atomic mass is 16.1. The molecule has 1 nitrogen and oxygen atoms in total. The Kier molecular flexibility index (Phi) is 1.24. The van der Waals surface area contributed by atoms with Gasteiger partial charge in [-0.1, -0.05) is 18.6 Å². The highest BCUT2D eigenvalue weighted by Gasteiger charge is 2.63. The Balaban J connectivity index is 2.09. The van der Waals surface area contributed by atoms with E-state index in [1.165, 1.54) is 24.8 Å². The molecule has 3 aliphatic rings. The zero-order valence-corrected chi connectivity index (χ0v) is 8.07. The number of allylic oxidation sites excluding steroid dienone is 1. The predicted octanol–water partition coefficient (Wildman–Crippen LogP) is 2.86. The van der Waals surface area contributed by atoms with Gasteiger partial charge in [0, 0.05) is 12.8 Å². The standard InChI is InChI=1S/C12H16O/c1-9-5-11-3-2-4-12(11,6-9)8-10(13)7-11/h1-8H2/t11-,12+. The topological polar surface area (TPSA) is 17.1 Å². The first-order valence-corrected chi connectivity index (χ1v) is 5.34. The third kappa shape index (κ3) is 0.762. The van der Waals surface area contributed by atoms with E-state index in [4.69, 9.17) is 0 Å². The Morgan fingerprint density at radius 3 is 2.08 bits per heavy atom. The fourth-order valence-electron chi connectivity index (χ4n) is 4.36. The van der Waals surface area contributed by atoms with Crippen molar-refractivity contribution in [2.45, 2.75) is 44.9 Å². The van der Waals surface area contributed by atoms with Gasteiger partial charge in [0.2, 0.25) is 0 Å². The van der Waals surface area contributed by atoms with Gasteiger partial charge < -0.3 is 0 Å². The molecule has 0 aliphatic heterocycles. The molecule has 70 valence electrons. The van der Waals surface area contributed by atoms with Gasteiger partial charge in [-0.05, 0) is 36.5 Å². The molecule has 3 saturated carbocycles. The van der Waals surface area contributed by atoms with E-state index in [-0.39, 0.29) is 0 Å². The molecule has 0 spiro atoms. The molecular formula is C12H16O. The van der Waals surface area contributed by atoms with Gasteiger partial charge in [-0.25, -0.2) is 0 Å². The zero-order chi connectivity index (χ0) is 9.10. The molecule has 0 saturated heterocycles. The molecule has 3 fully saturated rings. The SMILES string of the molecule is C=C1C[C@]23CCC[C@@]2(C1)CC(=O)C3. The van der Waals surface area contributed by atoms with Gasteiger partial charge in [0.1, 0.15) is 5.78 Å². The van der Waals surface area contributed by atoms with E-state index in [9.17, 15) is 4.79 Å². The third-order valence-electron chi connectivity index (χ3n) is 4.68. The van der Waals surface area contributed by atoms with Crippen LogP contribution in [0.1, 0.15) is 44.9 Å². The smallest absolute Gasteiger partial charge is 0.134 e. The van der Waals surface area contributed by atoms with Crippen molar-refractivity contribution >= 4 is 5.78 Å². The van der Waals surface area contributed by atoms with Crippen LogP contribution >= 0.6 is 0 Å². The van der Waals surface area contributed by atoms with Crippen molar-refractivity contribution in [2.75, 3.05) is 0 Å². The molecule has 13 heavy (non-hydrogen) atoms. The monoisotopic (exact) mass is 176 g/mol. The van der Waals surface area contributed by atoms with E-state index in [1.54, 1.807) is 0 Å². The van der Waals surface area contributed by atoms with Crippen molar-refractivity contribution in [3.63, 3.8) is 0 Å². The lowest BCUT2D eigenvalue weighted by atomic mass is 9.71. The first kappa shape index (κ1) is 7.78. The quantitative estimate of drug-likeness (QED) is 0.519. The van der Waals surface area contributed by atoms with E-state index in [0.29, 0.717) is 16.6 Å². The van der Waals surface area contributed by atoms with E-state index in [0.717, 1.165) is 25.7 Å². The maximum absolute atomic E-state index is 11.5. The first-order valence-electron chi connectivity index (χ1n) is 5.34. The largest absolute Gasteiger partial charge is 0.300 e. The number of rotatable bonds is 0. The summed E-state index contributed by atoms with van der Waals surface area (Å²) >= 11 is 0. The normalized spacial score (nSPS) is 48.3. The molecule has 0 aromatic carbocycles. The molecule has 0 amide bonds. The highest BCUT2D eigenvalue weighted by molar-refractivity contribution is 5.83. The van der Waals surface area contributed by atoms with Crippen LogP contribution in [0.4, 0.5) is 0 Å². The van der Waals surface area contributed by atoms with Crippen molar-refractivity contribution < 1.29 is 4.79 Å². The molecular weight excluding hydrogens is 160 g/mol. The van der Waals surface area contributed by atoms with E-state index >= 15 is 0 Å². The summed E-state index contributed by atoms with van der Waals surface area (Å²) in [5.41, 5.74) is 2.19. The summed E-state index contributed by atoms with van der Waals surface area (Å²) in [6.45, 7) is 4.12. The molecule has 3 rings (SSSR count). The maximum Gasteiger partial charge on any atom is 0.134 e. The van der Waals surface area contributed by atoms with Crippen LogP contribution in [0.3, 0.4) is 0 Å². The van der Waals surface area contributed by atoms with Gasteiger partial charge in [-0.3, -0.25) is 4.79 Å². The van der Waals surface area contributed by atoms with Crippen molar-refractivity contribution in [2.24, 2.45) is 10.8 Å². The number of carbonyl (C=O) groups is 1. The van der Waals surface area contributed by atoms with E-state index < -0.39 is 0 Å². The van der Waals surface area contributed by atoms with Crippen molar-refractivity contribution in [1.29, 1.82) is 0 Å². The Labute approximate surface area is 79.2 Å². The van der Waals surface area contributed by atoms with Crippen LogP contribution in [0, 0.1) is 10.8 Å². The molecule has 0 aromatic rings. The van der Waals surface area contributed by atoms with E-state index in [1.807, 2.05) is 0 Å². The van der Waals surface area contributed by atoms with Gasteiger partial charge in [0.15, 0.2) is 0 Å². The highest BCUT2D eigenvalue weighted by Crippen LogP contribution is 2.70. The van der Waals surface area contributed by atoms with Gasteiger partial charge >= 0.3 is 0 Å². The maximum atomic E-state index is 11.5. The van der Waals surface area contributed by atoms with Crippen molar-refractivity contribution in [3.8, 4) is 0 Å².